The maximum absolute atomic E-state index is 5.30. The molecule has 0 atom stereocenters. The van der Waals surface area contributed by atoms with E-state index in [2.05, 4.69) is 19.2 Å². The Kier molecular flexibility index (Phi) is 6.46. The zero-order valence-electron chi connectivity index (χ0n) is 13.1. The Morgan fingerprint density at radius 3 is 2.60 bits per heavy atom. The maximum Gasteiger partial charge on any atom is 0.0963 e. The van der Waals surface area contributed by atoms with Crippen molar-refractivity contribution in [2.24, 2.45) is 5.92 Å². The minimum Gasteiger partial charge on any atom is -0.378 e. The summed E-state index contributed by atoms with van der Waals surface area (Å²) in [6.07, 6.45) is 6.73. The van der Waals surface area contributed by atoms with Gasteiger partial charge in [0.05, 0.1) is 17.3 Å². The number of nitrogens with zero attached hydrogens (tertiary/aromatic N) is 1. The Labute approximate surface area is 127 Å². The van der Waals surface area contributed by atoms with Crippen LogP contribution in [0.2, 0.25) is 0 Å². The summed E-state index contributed by atoms with van der Waals surface area (Å²) in [7, 11) is 1.75. The second kappa shape index (κ2) is 8.11. The second-order valence-corrected chi connectivity index (χ2v) is 6.88. The van der Waals surface area contributed by atoms with Crippen LogP contribution in [0.3, 0.4) is 0 Å². The number of thiazole rings is 1. The first-order valence-corrected chi connectivity index (χ1v) is 8.78. The molecule has 0 unspecified atom stereocenters. The van der Waals surface area contributed by atoms with Gasteiger partial charge in [0, 0.05) is 24.4 Å². The van der Waals surface area contributed by atoms with E-state index in [-0.39, 0.29) is 0 Å². The highest BCUT2D eigenvalue weighted by molar-refractivity contribution is 7.11. The molecule has 20 heavy (non-hydrogen) atoms. The first kappa shape index (κ1) is 15.9. The Morgan fingerprint density at radius 1 is 1.25 bits per heavy atom. The molecular formula is C16H28N2OS. The third-order valence-electron chi connectivity index (χ3n) is 4.38. The van der Waals surface area contributed by atoms with E-state index in [0.29, 0.717) is 12.5 Å². The summed E-state index contributed by atoms with van der Waals surface area (Å²) < 4.78 is 5.30. The molecule has 0 aliphatic heterocycles. The highest BCUT2D eigenvalue weighted by Crippen LogP contribution is 2.39. The van der Waals surface area contributed by atoms with Crippen molar-refractivity contribution in [3.05, 3.63) is 15.6 Å². The summed E-state index contributed by atoms with van der Waals surface area (Å²) in [5.74, 6) is 1.64. The summed E-state index contributed by atoms with van der Waals surface area (Å²) in [6.45, 7) is 7.03. The van der Waals surface area contributed by atoms with Gasteiger partial charge < -0.3 is 10.1 Å². The van der Waals surface area contributed by atoms with Gasteiger partial charge >= 0.3 is 0 Å². The molecule has 3 nitrogen and oxygen atoms in total. The van der Waals surface area contributed by atoms with Crippen molar-refractivity contribution < 1.29 is 4.74 Å². The van der Waals surface area contributed by atoms with Crippen LogP contribution >= 0.6 is 11.3 Å². The lowest BCUT2D eigenvalue weighted by molar-refractivity contribution is 0.181. The van der Waals surface area contributed by atoms with E-state index in [4.69, 9.17) is 9.72 Å². The molecule has 1 heterocycles. The van der Waals surface area contributed by atoms with Crippen molar-refractivity contribution in [3.8, 4) is 0 Å². The SMILES string of the molecule is CCNCc1sc(C2CCC(CC)CC2)nc1COC. The Hall–Kier alpha value is -0.450. The van der Waals surface area contributed by atoms with E-state index in [1.165, 1.54) is 42.0 Å². The highest BCUT2D eigenvalue weighted by Gasteiger charge is 2.24. The van der Waals surface area contributed by atoms with Crippen LogP contribution in [-0.2, 0) is 17.9 Å². The number of rotatable bonds is 7. The molecule has 1 fully saturated rings. The van der Waals surface area contributed by atoms with Crippen LogP contribution in [0.4, 0.5) is 0 Å². The standard InChI is InChI=1S/C16H28N2OS/c1-4-12-6-8-13(9-7-12)16-18-14(11-19-3)15(20-16)10-17-5-2/h12-13,17H,4-11H2,1-3H3. The van der Waals surface area contributed by atoms with Crippen molar-refractivity contribution in [1.82, 2.24) is 10.3 Å². The molecule has 1 aromatic rings. The summed E-state index contributed by atoms with van der Waals surface area (Å²) in [5.41, 5.74) is 1.14. The van der Waals surface area contributed by atoms with Crippen molar-refractivity contribution in [2.45, 2.75) is 65.0 Å². The van der Waals surface area contributed by atoms with Crippen molar-refractivity contribution in [1.29, 1.82) is 0 Å². The summed E-state index contributed by atoms with van der Waals surface area (Å²) >= 11 is 1.90. The molecule has 0 bridgehead atoms. The molecule has 1 saturated carbocycles. The van der Waals surface area contributed by atoms with E-state index >= 15 is 0 Å². The van der Waals surface area contributed by atoms with Gasteiger partial charge in [-0.25, -0.2) is 4.98 Å². The van der Waals surface area contributed by atoms with Gasteiger partial charge in [-0.2, -0.15) is 0 Å². The average molecular weight is 296 g/mol. The van der Waals surface area contributed by atoms with Crippen molar-refractivity contribution in [2.75, 3.05) is 13.7 Å². The zero-order chi connectivity index (χ0) is 14.4. The van der Waals surface area contributed by atoms with Crippen LogP contribution < -0.4 is 5.32 Å². The Balaban J connectivity index is 2.04. The monoisotopic (exact) mass is 296 g/mol. The molecule has 0 spiro atoms. The number of aromatic nitrogens is 1. The Morgan fingerprint density at radius 2 is 2.00 bits per heavy atom. The van der Waals surface area contributed by atoms with Crippen LogP contribution in [-0.4, -0.2) is 18.6 Å². The van der Waals surface area contributed by atoms with Crippen LogP contribution in [0.25, 0.3) is 0 Å². The predicted molar refractivity (Wildman–Crippen MR) is 85.2 cm³/mol. The van der Waals surface area contributed by atoms with Gasteiger partial charge in [0.1, 0.15) is 0 Å². The topological polar surface area (TPSA) is 34.2 Å². The highest BCUT2D eigenvalue weighted by atomic mass is 32.1. The summed E-state index contributed by atoms with van der Waals surface area (Å²) in [4.78, 5) is 6.24. The van der Waals surface area contributed by atoms with E-state index in [9.17, 15) is 0 Å². The molecule has 0 amide bonds. The predicted octanol–water partition coefficient (Wildman–Crippen LogP) is 4.08. The van der Waals surface area contributed by atoms with Gasteiger partial charge in [0.25, 0.3) is 0 Å². The summed E-state index contributed by atoms with van der Waals surface area (Å²) in [6, 6.07) is 0. The number of ether oxygens (including phenoxy) is 1. The maximum atomic E-state index is 5.30. The molecule has 2 rings (SSSR count). The quantitative estimate of drug-likeness (QED) is 0.823. The second-order valence-electron chi connectivity index (χ2n) is 5.76. The van der Waals surface area contributed by atoms with E-state index in [1.807, 2.05) is 11.3 Å². The molecule has 114 valence electrons. The van der Waals surface area contributed by atoms with Gasteiger partial charge in [-0.05, 0) is 38.1 Å². The first-order chi connectivity index (χ1) is 9.78. The smallest absolute Gasteiger partial charge is 0.0963 e. The molecule has 1 aliphatic rings. The lowest BCUT2D eigenvalue weighted by Crippen LogP contribution is -2.12. The zero-order valence-corrected chi connectivity index (χ0v) is 13.9. The fourth-order valence-electron chi connectivity index (χ4n) is 3.02. The molecule has 1 aromatic heterocycles. The number of methoxy groups -OCH3 is 1. The largest absolute Gasteiger partial charge is 0.378 e. The molecular weight excluding hydrogens is 268 g/mol. The van der Waals surface area contributed by atoms with Crippen molar-refractivity contribution in [3.63, 3.8) is 0 Å². The van der Waals surface area contributed by atoms with Crippen LogP contribution in [0.15, 0.2) is 0 Å². The third kappa shape index (κ3) is 4.03. The van der Waals surface area contributed by atoms with E-state index < -0.39 is 0 Å². The van der Waals surface area contributed by atoms with Crippen molar-refractivity contribution >= 4 is 11.3 Å². The van der Waals surface area contributed by atoms with Crippen LogP contribution in [0, 0.1) is 5.92 Å². The molecule has 0 aromatic carbocycles. The molecule has 1 aliphatic carbocycles. The fourth-order valence-corrected chi connectivity index (χ4v) is 4.23. The summed E-state index contributed by atoms with van der Waals surface area (Å²) in [5, 5.41) is 4.76. The lowest BCUT2D eigenvalue weighted by Gasteiger charge is -2.26. The van der Waals surface area contributed by atoms with Gasteiger partial charge in [0.15, 0.2) is 0 Å². The average Bonchev–Trinajstić information content (AvgIpc) is 2.89. The molecule has 4 heteroatoms. The van der Waals surface area contributed by atoms with E-state index in [1.54, 1.807) is 7.11 Å². The van der Waals surface area contributed by atoms with Crippen LogP contribution in [0.1, 0.15) is 67.4 Å². The first-order valence-electron chi connectivity index (χ1n) is 7.96. The van der Waals surface area contributed by atoms with Gasteiger partial charge in [0.2, 0.25) is 0 Å². The molecule has 0 radical (unpaired) electrons. The molecule has 1 N–H and O–H groups in total. The number of hydrogen-bond acceptors (Lipinski definition) is 4. The Bertz CT molecular complexity index is 397. The third-order valence-corrected chi connectivity index (χ3v) is 5.64. The van der Waals surface area contributed by atoms with Gasteiger partial charge in [-0.3, -0.25) is 0 Å². The fraction of sp³-hybridized carbons (Fsp3) is 0.812. The van der Waals surface area contributed by atoms with Gasteiger partial charge in [-0.1, -0.05) is 20.3 Å². The van der Waals surface area contributed by atoms with Gasteiger partial charge in [-0.15, -0.1) is 11.3 Å². The minimum absolute atomic E-state index is 0.640. The van der Waals surface area contributed by atoms with Crippen LogP contribution in [0.5, 0.6) is 0 Å². The normalized spacial score (nSPS) is 23.1. The lowest BCUT2D eigenvalue weighted by atomic mass is 9.81. The number of hydrogen-bond donors (Lipinski definition) is 1. The number of nitrogens with one attached hydrogen (secondary N) is 1. The van der Waals surface area contributed by atoms with E-state index in [0.717, 1.165) is 24.7 Å². The minimum atomic E-state index is 0.640. The molecule has 0 saturated heterocycles.